The number of hydrogen-bond donors (Lipinski definition) is 2. The normalized spacial score (nSPS) is 16.9. The van der Waals surface area contributed by atoms with Crippen LogP contribution in [-0.4, -0.2) is 39.4 Å². The molecule has 136 valence electrons. The minimum Gasteiger partial charge on any atom is -0.497 e. The summed E-state index contributed by atoms with van der Waals surface area (Å²) in [5.41, 5.74) is 1.07. The number of methoxy groups -OCH3 is 1. The Morgan fingerprint density at radius 3 is 3.19 bits per heavy atom. The number of aromatic amines is 1. The van der Waals surface area contributed by atoms with Gasteiger partial charge in [0.05, 0.1) is 7.11 Å². The van der Waals surface area contributed by atoms with Gasteiger partial charge in [-0.15, -0.1) is 5.10 Å². The molecule has 0 radical (unpaired) electrons. The SMILES string of the molecule is COc1ccc2c(ccn2CCC(=O)Nc2n[nH]c([C@@H]3CCCO3)n2)c1. The first-order valence-electron chi connectivity index (χ1n) is 8.69. The van der Waals surface area contributed by atoms with Gasteiger partial charge in [-0.05, 0) is 37.1 Å². The largest absolute Gasteiger partial charge is 0.497 e. The molecule has 26 heavy (non-hydrogen) atoms. The maximum atomic E-state index is 12.2. The molecule has 2 aromatic heterocycles. The molecular weight excluding hydrogens is 334 g/mol. The minimum atomic E-state index is -0.127. The number of ether oxygens (including phenoxy) is 2. The number of aryl methyl sites for hydroxylation is 1. The average Bonchev–Trinajstić information content (AvgIpc) is 3.39. The molecule has 4 rings (SSSR count). The summed E-state index contributed by atoms with van der Waals surface area (Å²) in [5, 5.41) is 10.7. The third-order valence-electron chi connectivity index (χ3n) is 4.55. The van der Waals surface area contributed by atoms with Crippen LogP contribution in [0.3, 0.4) is 0 Å². The lowest BCUT2D eigenvalue weighted by molar-refractivity contribution is -0.116. The minimum absolute atomic E-state index is 0.0450. The summed E-state index contributed by atoms with van der Waals surface area (Å²) in [6.07, 6.45) is 4.20. The van der Waals surface area contributed by atoms with Crippen molar-refractivity contribution in [1.29, 1.82) is 0 Å². The van der Waals surface area contributed by atoms with Gasteiger partial charge in [-0.1, -0.05) is 0 Å². The number of fused-ring (bicyclic) bond motifs is 1. The number of amides is 1. The zero-order valence-corrected chi connectivity index (χ0v) is 14.6. The number of nitrogens with one attached hydrogen (secondary N) is 2. The van der Waals surface area contributed by atoms with E-state index in [-0.39, 0.29) is 12.0 Å². The van der Waals surface area contributed by atoms with Gasteiger partial charge in [0.1, 0.15) is 11.9 Å². The van der Waals surface area contributed by atoms with E-state index in [4.69, 9.17) is 9.47 Å². The fourth-order valence-electron chi connectivity index (χ4n) is 3.18. The monoisotopic (exact) mass is 355 g/mol. The van der Waals surface area contributed by atoms with Gasteiger partial charge in [-0.25, -0.2) is 0 Å². The van der Waals surface area contributed by atoms with Gasteiger partial charge in [0.2, 0.25) is 11.9 Å². The highest BCUT2D eigenvalue weighted by atomic mass is 16.5. The lowest BCUT2D eigenvalue weighted by Crippen LogP contribution is -2.15. The second-order valence-corrected chi connectivity index (χ2v) is 6.28. The molecule has 1 aromatic carbocycles. The van der Waals surface area contributed by atoms with E-state index < -0.39 is 0 Å². The number of aromatic nitrogens is 4. The lowest BCUT2D eigenvalue weighted by Gasteiger charge is -2.06. The zero-order chi connectivity index (χ0) is 17.9. The third-order valence-corrected chi connectivity index (χ3v) is 4.55. The molecule has 0 unspecified atom stereocenters. The Bertz CT molecular complexity index is 911. The van der Waals surface area contributed by atoms with Gasteiger partial charge in [0.25, 0.3) is 0 Å². The zero-order valence-electron chi connectivity index (χ0n) is 14.6. The Balaban J connectivity index is 1.35. The van der Waals surface area contributed by atoms with E-state index >= 15 is 0 Å². The summed E-state index contributed by atoms with van der Waals surface area (Å²) >= 11 is 0. The number of carbonyl (C=O) groups excluding carboxylic acids is 1. The predicted octanol–water partition coefficient (Wildman–Crippen LogP) is 2.65. The van der Waals surface area contributed by atoms with Crippen LogP contribution in [0.1, 0.15) is 31.2 Å². The van der Waals surface area contributed by atoms with Crippen molar-refractivity contribution in [2.45, 2.75) is 31.9 Å². The summed E-state index contributed by atoms with van der Waals surface area (Å²) in [6, 6.07) is 7.90. The van der Waals surface area contributed by atoms with Crippen LogP contribution in [0.15, 0.2) is 30.5 Å². The van der Waals surface area contributed by atoms with Gasteiger partial charge in [0, 0.05) is 36.7 Å². The van der Waals surface area contributed by atoms with Crippen LogP contribution in [0.4, 0.5) is 5.95 Å². The number of nitrogens with zero attached hydrogens (tertiary/aromatic N) is 3. The second-order valence-electron chi connectivity index (χ2n) is 6.28. The highest BCUT2D eigenvalue weighted by molar-refractivity contribution is 5.89. The van der Waals surface area contributed by atoms with E-state index in [1.54, 1.807) is 7.11 Å². The first-order chi connectivity index (χ1) is 12.7. The maximum absolute atomic E-state index is 12.2. The smallest absolute Gasteiger partial charge is 0.248 e. The van der Waals surface area contributed by atoms with Crippen LogP contribution in [0, 0.1) is 0 Å². The van der Waals surface area contributed by atoms with E-state index in [1.807, 2.05) is 35.0 Å². The number of rotatable bonds is 6. The molecule has 1 aliphatic heterocycles. The number of hydrogen-bond acceptors (Lipinski definition) is 5. The average molecular weight is 355 g/mol. The second kappa shape index (κ2) is 7.17. The molecule has 2 N–H and O–H groups in total. The van der Waals surface area contributed by atoms with Gasteiger partial charge >= 0.3 is 0 Å². The number of anilines is 1. The lowest BCUT2D eigenvalue weighted by atomic mass is 10.2. The third kappa shape index (κ3) is 3.41. The van der Waals surface area contributed by atoms with Gasteiger partial charge in [0.15, 0.2) is 5.82 Å². The molecule has 3 heterocycles. The first kappa shape index (κ1) is 16.6. The summed E-state index contributed by atoms with van der Waals surface area (Å²) in [7, 11) is 1.65. The summed E-state index contributed by atoms with van der Waals surface area (Å²) in [6.45, 7) is 1.31. The van der Waals surface area contributed by atoms with Crippen molar-refractivity contribution < 1.29 is 14.3 Å². The Morgan fingerprint density at radius 1 is 1.46 bits per heavy atom. The van der Waals surface area contributed by atoms with Crippen LogP contribution >= 0.6 is 0 Å². The van der Waals surface area contributed by atoms with Crippen LogP contribution < -0.4 is 10.1 Å². The molecule has 1 saturated heterocycles. The standard InChI is InChI=1S/C18H21N5O3/c1-25-13-4-5-14-12(11-13)6-8-23(14)9-7-16(24)19-18-20-17(21-22-18)15-3-2-10-26-15/h4-6,8,11,15H,2-3,7,9-10H2,1H3,(H2,19,20,21,22,24)/t15-/m0/s1. The van der Waals surface area contributed by atoms with E-state index in [0.29, 0.717) is 24.7 Å². The molecule has 1 fully saturated rings. The summed E-state index contributed by atoms with van der Waals surface area (Å²) in [4.78, 5) is 16.5. The van der Waals surface area contributed by atoms with E-state index in [0.717, 1.165) is 36.1 Å². The first-order valence-corrected chi connectivity index (χ1v) is 8.69. The number of benzene rings is 1. The molecule has 8 nitrogen and oxygen atoms in total. The molecule has 0 saturated carbocycles. The topological polar surface area (TPSA) is 94.1 Å². The van der Waals surface area contributed by atoms with Crippen molar-refractivity contribution in [3.8, 4) is 5.75 Å². The summed E-state index contributed by atoms with van der Waals surface area (Å²) < 4.78 is 12.8. The van der Waals surface area contributed by atoms with Crippen molar-refractivity contribution >= 4 is 22.8 Å². The predicted molar refractivity (Wildman–Crippen MR) is 96.0 cm³/mol. The van der Waals surface area contributed by atoms with Gasteiger partial charge < -0.3 is 14.0 Å². The van der Waals surface area contributed by atoms with Crippen molar-refractivity contribution in [2.75, 3.05) is 19.0 Å². The van der Waals surface area contributed by atoms with Crippen LogP contribution in [0.25, 0.3) is 10.9 Å². The molecule has 1 amide bonds. The van der Waals surface area contributed by atoms with Crippen molar-refractivity contribution in [1.82, 2.24) is 19.7 Å². The van der Waals surface area contributed by atoms with E-state index in [2.05, 4.69) is 20.5 Å². The maximum Gasteiger partial charge on any atom is 0.248 e. The number of H-pyrrole nitrogens is 1. The Morgan fingerprint density at radius 2 is 2.38 bits per heavy atom. The Hall–Kier alpha value is -2.87. The van der Waals surface area contributed by atoms with Gasteiger partial charge in [-0.2, -0.15) is 4.98 Å². The molecule has 1 atom stereocenters. The molecule has 1 aliphatic rings. The quantitative estimate of drug-likeness (QED) is 0.709. The van der Waals surface area contributed by atoms with Gasteiger partial charge in [-0.3, -0.25) is 15.2 Å². The molecule has 0 bridgehead atoms. The Kier molecular flexibility index (Phi) is 4.57. The van der Waals surface area contributed by atoms with Crippen LogP contribution in [0.2, 0.25) is 0 Å². The molecule has 3 aromatic rings. The number of carbonyl (C=O) groups is 1. The van der Waals surface area contributed by atoms with Crippen LogP contribution in [0.5, 0.6) is 5.75 Å². The van der Waals surface area contributed by atoms with Crippen molar-refractivity contribution in [3.63, 3.8) is 0 Å². The van der Waals surface area contributed by atoms with E-state index in [1.165, 1.54) is 0 Å². The highest BCUT2D eigenvalue weighted by Crippen LogP contribution is 2.26. The molecular formula is C18H21N5O3. The van der Waals surface area contributed by atoms with Crippen LogP contribution in [-0.2, 0) is 16.1 Å². The van der Waals surface area contributed by atoms with E-state index in [9.17, 15) is 4.79 Å². The fraction of sp³-hybridized carbons (Fsp3) is 0.389. The molecule has 0 spiro atoms. The fourth-order valence-corrected chi connectivity index (χ4v) is 3.18. The Labute approximate surface area is 150 Å². The highest BCUT2D eigenvalue weighted by Gasteiger charge is 2.21. The van der Waals surface area contributed by atoms with Crippen molar-refractivity contribution in [2.24, 2.45) is 0 Å². The van der Waals surface area contributed by atoms with Crippen molar-refractivity contribution in [3.05, 3.63) is 36.3 Å². The molecule has 8 heteroatoms. The summed E-state index contributed by atoms with van der Waals surface area (Å²) in [5.74, 6) is 1.66. The molecule has 0 aliphatic carbocycles.